The van der Waals surface area contributed by atoms with E-state index in [2.05, 4.69) is 0 Å². The maximum atomic E-state index is 5.73. The quantitative estimate of drug-likeness (QED) is 0.516. The van der Waals surface area contributed by atoms with Crippen LogP contribution in [-0.2, 0) is 0 Å². The Hall–Kier alpha value is -0.955. The molecule has 0 aliphatic carbocycles. The fraction of sp³-hybridized carbons (Fsp3) is 0.250. The predicted molar refractivity (Wildman–Crippen MR) is 44.3 cm³/mol. The van der Waals surface area contributed by atoms with Crippen molar-refractivity contribution in [2.75, 3.05) is 6.61 Å². The Morgan fingerprint density at radius 1 is 1.55 bits per heavy atom. The Bertz CT molecular complexity index is 287. The highest BCUT2D eigenvalue weighted by Gasteiger charge is 2.19. The van der Waals surface area contributed by atoms with Crippen LogP contribution >= 0.6 is 0 Å². The Morgan fingerprint density at radius 2 is 2.36 bits per heavy atom. The first-order valence-corrected chi connectivity index (χ1v) is 3.55. The topological polar surface area (TPSA) is 35.2 Å². The van der Waals surface area contributed by atoms with E-state index in [-0.39, 0.29) is 6.04 Å². The maximum absolute atomic E-state index is 5.73. The highest BCUT2D eigenvalue weighted by molar-refractivity contribution is 6.32. The van der Waals surface area contributed by atoms with Crippen LogP contribution in [0.5, 0.6) is 5.75 Å². The number of ether oxygens (including phenoxy) is 1. The standard InChI is InChI=1S/C8H8BNO/c9-5-1-2-6-7(10)4-11-8(6)3-5/h1-3,7H,4,10H2. The lowest BCUT2D eigenvalue weighted by Gasteiger charge is -2.00. The van der Waals surface area contributed by atoms with Crippen molar-refractivity contribution in [3.63, 3.8) is 0 Å². The molecule has 3 heteroatoms. The van der Waals surface area contributed by atoms with Gasteiger partial charge in [0.15, 0.2) is 0 Å². The Morgan fingerprint density at radius 3 is 3.18 bits per heavy atom. The molecule has 2 nitrogen and oxygen atoms in total. The smallest absolute Gasteiger partial charge is 0.123 e. The highest BCUT2D eigenvalue weighted by Crippen LogP contribution is 2.28. The first-order chi connectivity index (χ1) is 5.27. The molecular weight excluding hydrogens is 137 g/mol. The average molecular weight is 145 g/mol. The normalized spacial score (nSPS) is 21.0. The second-order valence-electron chi connectivity index (χ2n) is 2.71. The van der Waals surface area contributed by atoms with Crippen molar-refractivity contribution in [2.45, 2.75) is 6.04 Å². The molecular formula is C8H8BNO. The van der Waals surface area contributed by atoms with Crippen LogP contribution in [0.2, 0.25) is 0 Å². The van der Waals surface area contributed by atoms with Crippen LogP contribution in [0, 0.1) is 0 Å². The Labute approximate surface area is 66.8 Å². The van der Waals surface area contributed by atoms with E-state index in [0.717, 1.165) is 16.8 Å². The van der Waals surface area contributed by atoms with E-state index in [1.54, 1.807) is 0 Å². The number of rotatable bonds is 0. The summed E-state index contributed by atoms with van der Waals surface area (Å²) in [5, 5.41) is 0. The monoisotopic (exact) mass is 145 g/mol. The summed E-state index contributed by atoms with van der Waals surface area (Å²) in [6, 6.07) is 5.59. The summed E-state index contributed by atoms with van der Waals surface area (Å²) < 4.78 is 5.29. The zero-order chi connectivity index (χ0) is 7.84. The SMILES string of the molecule is [B]c1ccc2c(c1)OCC2N. The largest absolute Gasteiger partial charge is 0.491 e. The van der Waals surface area contributed by atoms with Gasteiger partial charge in [0.25, 0.3) is 0 Å². The van der Waals surface area contributed by atoms with Gasteiger partial charge in [-0.15, -0.1) is 0 Å². The van der Waals surface area contributed by atoms with Crippen molar-refractivity contribution in [2.24, 2.45) is 5.73 Å². The fourth-order valence-corrected chi connectivity index (χ4v) is 1.25. The first kappa shape index (κ1) is 6.74. The van der Waals surface area contributed by atoms with Crippen LogP contribution in [0.25, 0.3) is 0 Å². The minimum absolute atomic E-state index is 0.0191. The molecule has 54 valence electrons. The van der Waals surface area contributed by atoms with Gasteiger partial charge in [-0.3, -0.25) is 0 Å². The third-order valence-corrected chi connectivity index (χ3v) is 1.86. The van der Waals surface area contributed by atoms with Gasteiger partial charge in [0.2, 0.25) is 0 Å². The molecule has 0 saturated carbocycles. The number of fused-ring (bicyclic) bond motifs is 1. The lowest BCUT2D eigenvalue weighted by atomic mass is 9.94. The molecule has 0 amide bonds. The van der Waals surface area contributed by atoms with Crippen LogP contribution < -0.4 is 15.9 Å². The first-order valence-electron chi connectivity index (χ1n) is 3.55. The van der Waals surface area contributed by atoms with E-state index >= 15 is 0 Å². The molecule has 0 spiro atoms. The van der Waals surface area contributed by atoms with Gasteiger partial charge in [-0.25, -0.2) is 0 Å². The van der Waals surface area contributed by atoms with Gasteiger partial charge in [-0.1, -0.05) is 17.6 Å². The van der Waals surface area contributed by atoms with Crippen molar-refractivity contribution in [3.8, 4) is 5.75 Å². The molecule has 0 saturated heterocycles. The van der Waals surface area contributed by atoms with Gasteiger partial charge in [-0.05, 0) is 6.07 Å². The van der Waals surface area contributed by atoms with Crippen molar-refractivity contribution >= 4 is 13.3 Å². The molecule has 0 fully saturated rings. The van der Waals surface area contributed by atoms with Gasteiger partial charge in [0.05, 0.1) is 6.04 Å². The van der Waals surface area contributed by atoms with Crippen molar-refractivity contribution in [1.82, 2.24) is 0 Å². The Kier molecular flexibility index (Phi) is 1.39. The maximum Gasteiger partial charge on any atom is 0.123 e. The highest BCUT2D eigenvalue weighted by atomic mass is 16.5. The molecule has 2 rings (SSSR count). The molecule has 1 aliphatic rings. The molecule has 1 atom stereocenters. The van der Waals surface area contributed by atoms with Crippen LogP contribution in [0.1, 0.15) is 11.6 Å². The summed E-state index contributed by atoms with van der Waals surface area (Å²) in [6.07, 6.45) is 0. The van der Waals surface area contributed by atoms with Gasteiger partial charge in [0.1, 0.15) is 20.2 Å². The van der Waals surface area contributed by atoms with Crippen molar-refractivity contribution in [3.05, 3.63) is 23.8 Å². The van der Waals surface area contributed by atoms with E-state index in [0.29, 0.717) is 6.61 Å². The molecule has 1 aliphatic heterocycles. The zero-order valence-corrected chi connectivity index (χ0v) is 6.08. The zero-order valence-electron chi connectivity index (χ0n) is 6.08. The summed E-state index contributed by atoms with van der Waals surface area (Å²) in [6.45, 7) is 0.568. The summed E-state index contributed by atoms with van der Waals surface area (Å²) >= 11 is 0. The van der Waals surface area contributed by atoms with E-state index in [4.69, 9.17) is 18.3 Å². The number of benzene rings is 1. The minimum atomic E-state index is 0.0191. The van der Waals surface area contributed by atoms with Crippen LogP contribution in [0.3, 0.4) is 0 Å². The van der Waals surface area contributed by atoms with Gasteiger partial charge < -0.3 is 10.5 Å². The number of hydrogen-bond acceptors (Lipinski definition) is 2. The van der Waals surface area contributed by atoms with Crippen LogP contribution in [0.4, 0.5) is 0 Å². The third kappa shape index (κ3) is 1.01. The lowest BCUT2D eigenvalue weighted by molar-refractivity contribution is 0.333. The molecule has 1 unspecified atom stereocenters. The molecule has 2 radical (unpaired) electrons. The molecule has 1 heterocycles. The third-order valence-electron chi connectivity index (χ3n) is 1.86. The molecule has 0 aromatic heterocycles. The summed E-state index contributed by atoms with van der Waals surface area (Å²) in [5.41, 5.74) is 7.51. The average Bonchev–Trinajstić information content (AvgIpc) is 2.32. The summed E-state index contributed by atoms with van der Waals surface area (Å²) in [4.78, 5) is 0. The van der Waals surface area contributed by atoms with E-state index in [9.17, 15) is 0 Å². The molecule has 0 bridgehead atoms. The molecule has 2 N–H and O–H groups in total. The molecule has 11 heavy (non-hydrogen) atoms. The second-order valence-corrected chi connectivity index (χ2v) is 2.71. The summed E-state index contributed by atoms with van der Waals surface area (Å²) in [7, 11) is 5.56. The lowest BCUT2D eigenvalue weighted by Crippen LogP contribution is -2.10. The number of nitrogens with two attached hydrogens (primary N) is 1. The molecule has 1 aromatic rings. The number of hydrogen-bond donors (Lipinski definition) is 1. The fourth-order valence-electron chi connectivity index (χ4n) is 1.25. The Balaban J connectivity index is 2.50. The van der Waals surface area contributed by atoms with Crippen molar-refractivity contribution in [1.29, 1.82) is 0 Å². The summed E-state index contributed by atoms with van der Waals surface area (Å²) in [5.74, 6) is 0.831. The van der Waals surface area contributed by atoms with E-state index in [1.165, 1.54) is 0 Å². The minimum Gasteiger partial charge on any atom is -0.491 e. The predicted octanol–water partition coefficient (Wildman–Crippen LogP) is -0.127. The van der Waals surface area contributed by atoms with Crippen LogP contribution in [0.15, 0.2) is 18.2 Å². The van der Waals surface area contributed by atoms with Gasteiger partial charge >= 0.3 is 0 Å². The van der Waals surface area contributed by atoms with Gasteiger partial charge in [0, 0.05) is 5.56 Å². The van der Waals surface area contributed by atoms with E-state index in [1.807, 2.05) is 18.2 Å². The van der Waals surface area contributed by atoms with Crippen LogP contribution in [-0.4, -0.2) is 14.5 Å². The van der Waals surface area contributed by atoms with Crippen molar-refractivity contribution < 1.29 is 4.74 Å². The van der Waals surface area contributed by atoms with Gasteiger partial charge in [-0.2, -0.15) is 0 Å². The molecule has 1 aromatic carbocycles. The van der Waals surface area contributed by atoms with E-state index < -0.39 is 0 Å². The second kappa shape index (κ2) is 2.27.